The molecule has 0 spiro atoms. The highest BCUT2D eigenvalue weighted by molar-refractivity contribution is 5.79. The molecule has 0 saturated carbocycles. The number of primary amides is 1. The van der Waals surface area contributed by atoms with Crippen molar-refractivity contribution in [2.45, 2.75) is 39.3 Å². The van der Waals surface area contributed by atoms with E-state index >= 15 is 0 Å². The van der Waals surface area contributed by atoms with Gasteiger partial charge in [0.2, 0.25) is 5.91 Å². The van der Waals surface area contributed by atoms with Crippen LogP contribution in [0.25, 0.3) is 0 Å². The number of hydrogen-bond donors (Lipinski definition) is 4. The largest absolute Gasteiger partial charge is 0.491 e. The van der Waals surface area contributed by atoms with Gasteiger partial charge in [0.05, 0.1) is 18.1 Å². The number of aromatic amines is 1. The number of aryl methyl sites for hydroxylation is 2. The van der Waals surface area contributed by atoms with Crippen LogP contribution in [-0.4, -0.2) is 34.6 Å². The first-order valence-electron chi connectivity index (χ1n) is 7.78. The second-order valence-electron chi connectivity index (χ2n) is 5.78. The summed E-state index contributed by atoms with van der Waals surface area (Å²) in [6.07, 6.45) is 3.60. The van der Waals surface area contributed by atoms with Gasteiger partial charge in [0.1, 0.15) is 12.4 Å². The third-order valence-corrected chi connectivity index (χ3v) is 3.25. The Labute approximate surface area is 142 Å². The lowest BCUT2D eigenvalue weighted by Crippen LogP contribution is -2.38. The summed E-state index contributed by atoms with van der Waals surface area (Å²) in [4.78, 5) is 17.1. The molecule has 2 aromatic rings. The molecule has 1 amide bonds. The van der Waals surface area contributed by atoms with Gasteiger partial charge in [0.15, 0.2) is 0 Å². The molecule has 1 aromatic heterocycles. The van der Waals surface area contributed by atoms with Crippen LogP contribution in [0, 0.1) is 13.8 Å². The van der Waals surface area contributed by atoms with Gasteiger partial charge in [-0.15, -0.1) is 0 Å². The Morgan fingerprint density at radius 3 is 2.38 bits per heavy atom. The van der Waals surface area contributed by atoms with Gasteiger partial charge in [-0.2, -0.15) is 0 Å². The Bertz CT molecular complexity index is 606. The summed E-state index contributed by atoms with van der Waals surface area (Å²) < 4.78 is 5.60. The monoisotopic (exact) mass is 333 g/mol. The summed E-state index contributed by atoms with van der Waals surface area (Å²) in [6, 6.07) is 5.56. The lowest BCUT2D eigenvalue weighted by Gasteiger charge is -2.13. The van der Waals surface area contributed by atoms with Crippen molar-refractivity contribution in [2.24, 2.45) is 17.2 Å². The van der Waals surface area contributed by atoms with Gasteiger partial charge in [0.25, 0.3) is 0 Å². The van der Waals surface area contributed by atoms with Crippen LogP contribution < -0.4 is 21.9 Å². The van der Waals surface area contributed by atoms with Crippen molar-refractivity contribution in [1.82, 2.24) is 9.97 Å². The number of amides is 1. The maximum atomic E-state index is 10.5. The first kappa shape index (κ1) is 19.7. The number of nitrogens with two attached hydrogens (primary N) is 3. The van der Waals surface area contributed by atoms with E-state index in [1.165, 1.54) is 17.5 Å². The van der Waals surface area contributed by atoms with Crippen molar-refractivity contribution in [2.75, 3.05) is 6.61 Å². The molecular formula is C17H27N5O2. The minimum Gasteiger partial charge on any atom is -0.491 e. The number of nitrogens with zero attached hydrogens (tertiary/aromatic N) is 1. The van der Waals surface area contributed by atoms with Crippen LogP contribution >= 0.6 is 0 Å². The van der Waals surface area contributed by atoms with Crippen LogP contribution in [0.3, 0.4) is 0 Å². The summed E-state index contributed by atoms with van der Waals surface area (Å²) in [5, 5.41) is 0. The molecule has 7 nitrogen and oxygen atoms in total. The SMILES string of the molecule is Cc1cccc(C)c1OCC(C)N.NC(=O)C(N)Cc1c[nH]cn1. The highest BCUT2D eigenvalue weighted by Crippen LogP contribution is 2.22. The van der Waals surface area contributed by atoms with Gasteiger partial charge in [-0.1, -0.05) is 18.2 Å². The highest BCUT2D eigenvalue weighted by Gasteiger charge is 2.10. The van der Waals surface area contributed by atoms with E-state index in [2.05, 4.69) is 9.97 Å². The van der Waals surface area contributed by atoms with Crippen LogP contribution in [-0.2, 0) is 11.2 Å². The molecule has 1 aromatic carbocycles. The van der Waals surface area contributed by atoms with Crippen LogP contribution in [0.15, 0.2) is 30.7 Å². The summed E-state index contributed by atoms with van der Waals surface area (Å²) in [5.74, 6) is 0.466. The molecular weight excluding hydrogens is 306 g/mol. The first-order chi connectivity index (χ1) is 11.3. The maximum absolute atomic E-state index is 10.5. The van der Waals surface area contributed by atoms with Crippen molar-refractivity contribution in [3.05, 3.63) is 47.5 Å². The van der Waals surface area contributed by atoms with Gasteiger partial charge in [0, 0.05) is 18.7 Å². The van der Waals surface area contributed by atoms with E-state index in [1.54, 1.807) is 6.20 Å². The quantitative estimate of drug-likeness (QED) is 0.620. The topological polar surface area (TPSA) is 133 Å². The van der Waals surface area contributed by atoms with Crippen molar-refractivity contribution in [3.63, 3.8) is 0 Å². The van der Waals surface area contributed by atoms with Crippen molar-refractivity contribution in [3.8, 4) is 5.75 Å². The van der Waals surface area contributed by atoms with Crippen molar-refractivity contribution in [1.29, 1.82) is 0 Å². The molecule has 0 aliphatic rings. The van der Waals surface area contributed by atoms with Gasteiger partial charge >= 0.3 is 0 Å². The Morgan fingerprint density at radius 2 is 1.92 bits per heavy atom. The molecule has 0 bridgehead atoms. The van der Waals surface area contributed by atoms with E-state index in [4.69, 9.17) is 21.9 Å². The lowest BCUT2D eigenvalue weighted by atomic mass is 10.1. The zero-order valence-corrected chi connectivity index (χ0v) is 14.5. The fraction of sp³-hybridized carbons (Fsp3) is 0.412. The highest BCUT2D eigenvalue weighted by atomic mass is 16.5. The summed E-state index contributed by atoms with van der Waals surface area (Å²) >= 11 is 0. The smallest absolute Gasteiger partial charge is 0.234 e. The molecule has 7 N–H and O–H groups in total. The number of carbonyl (C=O) groups is 1. The average Bonchev–Trinajstić information content (AvgIpc) is 3.00. The number of nitrogens with one attached hydrogen (secondary N) is 1. The number of H-pyrrole nitrogens is 1. The average molecular weight is 333 g/mol. The number of para-hydroxylation sites is 1. The van der Waals surface area contributed by atoms with Crippen molar-refractivity contribution < 1.29 is 9.53 Å². The number of carbonyl (C=O) groups excluding carboxylic acids is 1. The molecule has 24 heavy (non-hydrogen) atoms. The molecule has 0 saturated heterocycles. The van der Waals surface area contributed by atoms with E-state index in [9.17, 15) is 4.79 Å². The number of hydrogen-bond acceptors (Lipinski definition) is 5. The minimum absolute atomic E-state index is 0.0824. The second-order valence-corrected chi connectivity index (χ2v) is 5.78. The first-order valence-corrected chi connectivity index (χ1v) is 7.78. The second kappa shape index (κ2) is 9.69. The summed E-state index contributed by atoms with van der Waals surface area (Å²) in [5.41, 5.74) is 19.0. The van der Waals surface area contributed by atoms with Crippen LogP contribution in [0.5, 0.6) is 5.75 Å². The molecule has 0 aliphatic carbocycles. The molecule has 2 rings (SSSR count). The summed E-state index contributed by atoms with van der Waals surface area (Å²) in [6.45, 7) is 6.60. The predicted molar refractivity (Wildman–Crippen MR) is 94.5 cm³/mol. The Kier molecular flexibility index (Phi) is 7.94. The van der Waals surface area contributed by atoms with Crippen LogP contribution in [0.4, 0.5) is 0 Å². The van der Waals surface area contributed by atoms with Gasteiger partial charge < -0.3 is 26.9 Å². The minimum atomic E-state index is -0.640. The zero-order chi connectivity index (χ0) is 18.1. The number of ether oxygens (including phenoxy) is 1. The number of imidazole rings is 1. The molecule has 0 fully saturated rings. The maximum Gasteiger partial charge on any atom is 0.234 e. The Balaban J connectivity index is 0.000000243. The Hall–Kier alpha value is -2.38. The molecule has 0 radical (unpaired) electrons. The molecule has 2 unspecified atom stereocenters. The van der Waals surface area contributed by atoms with Gasteiger partial charge in [-0.25, -0.2) is 4.98 Å². The van der Waals surface area contributed by atoms with Gasteiger partial charge in [-0.3, -0.25) is 4.79 Å². The fourth-order valence-corrected chi connectivity index (χ4v) is 1.97. The van der Waals surface area contributed by atoms with Crippen LogP contribution in [0.2, 0.25) is 0 Å². The molecule has 132 valence electrons. The van der Waals surface area contributed by atoms with E-state index in [-0.39, 0.29) is 6.04 Å². The van der Waals surface area contributed by atoms with E-state index in [0.29, 0.717) is 13.0 Å². The fourth-order valence-electron chi connectivity index (χ4n) is 1.97. The van der Waals surface area contributed by atoms with E-state index in [0.717, 1.165) is 11.4 Å². The standard InChI is InChI=1S/C11H17NO.C6H10N4O/c1-8-5-4-6-9(2)11(8)13-7-10(3)12;7-5(6(8)11)1-4-2-9-3-10-4/h4-6,10H,7,12H2,1-3H3;2-3,5H,1,7H2,(H2,8,11)(H,9,10). The molecule has 7 heteroatoms. The van der Waals surface area contributed by atoms with Crippen LogP contribution in [0.1, 0.15) is 23.7 Å². The van der Waals surface area contributed by atoms with E-state index < -0.39 is 11.9 Å². The summed E-state index contributed by atoms with van der Waals surface area (Å²) in [7, 11) is 0. The third kappa shape index (κ3) is 6.80. The number of aromatic nitrogens is 2. The van der Waals surface area contributed by atoms with E-state index in [1.807, 2.05) is 39.0 Å². The predicted octanol–water partition coefficient (Wildman–Crippen LogP) is 0.794. The number of rotatable bonds is 6. The zero-order valence-electron chi connectivity index (χ0n) is 14.5. The lowest BCUT2D eigenvalue weighted by molar-refractivity contribution is -0.119. The van der Waals surface area contributed by atoms with Gasteiger partial charge in [-0.05, 0) is 31.9 Å². The molecule has 2 atom stereocenters. The normalized spacial score (nSPS) is 12.7. The Morgan fingerprint density at radius 1 is 1.29 bits per heavy atom. The third-order valence-electron chi connectivity index (χ3n) is 3.25. The molecule has 1 heterocycles. The molecule has 0 aliphatic heterocycles. The van der Waals surface area contributed by atoms with Crippen molar-refractivity contribution >= 4 is 5.91 Å². The number of benzene rings is 1.